The van der Waals surface area contributed by atoms with Crippen LogP contribution in [0.3, 0.4) is 0 Å². The van der Waals surface area contributed by atoms with Crippen LogP contribution in [-0.4, -0.2) is 110 Å². The standard InChI is InChI=1S/C68H129NO10/c1-3-5-7-9-11-13-15-17-19-21-23-25-26-27-28-29-30-31-32-33-34-36-38-40-42-44-46-48-50-52-54-56-61(72)67(77)69-59(58-78-68-66(76)65(75)64(74)62(57-70)79-68)63(73)60(71)55-53-51-49-47-45-43-41-39-37-35-24-22-20-18-16-14-12-10-8-6-4-2/h22,24,39,41,47,49,59-66,68,70-76H,3-21,23,25-38,40,42-46,48,50-58H2,1-2H3,(H,69,77)/b24-22+,41-39+,49-47+. The second-order valence-corrected chi connectivity index (χ2v) is 23.9. The zero-order chi connectivity index (χ0) is 57.5. The SMILES string of the molecule is CCCCCCCCCC/C=C/CC/C=C/CC/C=C/CCCC(O)C(O)C(COC1OC(CO)C(O)C(O)C1O)NC(=O)C(O)CCCCCCCCCCCCCCCCCCCCCCCCCCCCCCCCC. The van der Waals surface area contributed by atoms with Gasteiger partial charge in [-0.05, 0) is 64.2 Å². The maximum atomic E-state index is 13.2. The van der Waals surface area contributed by atoms with Crippen LogP contribution in [0.1, 0.15) is 322 Å². The summed E-state index contributed by atoms with van der Waals surface area (Å²) in [5.74, 6) is -0.707. The molecule has 1 aliphatic rings. The number of nitrogens with one attached hydrogen (secondary N) is 1. The summed E-state index contributed by atoms with van der Waals surface area (Å²) < 4.78 is 11.2. The lowest BCUT2D eigenvalue weighted by atomic mass is 9.98. The molecule has 0 aliphatic carbocycles. The Morgan fingerprint density at radius 2 is 0.759 bits per heavy atom. The highest BCUT2D eigenvalue weighted by Gasteiger charge is 2.44. The smallest absolute Gasteiger partial charge is 0.249 e. The first kappa shape index (κ1) is 75.3. The van der Waals surface area contributed by atoms with Gasteiger partial charge in [0.25, 0.3) is 0 Å². The van der Waals surface area contributed by atoms with Crippen LogP contribution in [0.5, 0.6) is 0 Å². The minimum Gasteiger partial charge on any atom is -0.394 e. The summed E-state index contributed by atoms with van der Waals surface area (Å²) in [4.78, 5) is 13.2. The van der Waals surface area contributed by atoms with Gasteiger partial charge in [-0.15, -0.1) is 0 Å². The number of carbonyl (C=O) groups is 1. The molecule has 0 aromatic carbocycles. The molecule has 9 atom stereocenters. The van der Waals surface area contributed by atoms with Gasteiger partial charge in [0, 0.05) is 0 Å². The molecule has 1 amide bonds. The average molecular weight is 1120 g/mol. The predicted molar refractivity (Wildman–Crippen MR) is 330 cm³/mol. The van der Waals surface area contributed by atoms with Crippen molar-refractivity contribution in [1.29, 1.82) is 0 Å². The van der Waals surface area contributed by atoms with E-state index in [1.54, 1.807) is 0 Å². The third-order valence-corrected chi connectivity index (χ3v) is 16.4. The molecule has 1 rings (SSSR count). The van der Waals surface area contributed by atoms with Crippen LogP contribution in [0.2, 0.25) is 0 Å². The summed E-state index contributed by atoms with van der Waals surface area (Å²) in [6, 6.07) is -1.19. The van der Waals surface area contributed by atoms with Gasteiger partial charge in [-0.25, -0.2) is 0 Å². The Labute approximate surface area is 486 Å². The summed E-state index contributed by atoms with van der Waals surface area (Å²) in [5, 5.41) is 76.3. The predicted octanol–water partition coefficient (Wildman–Crippen LogP) is 15.8. The number of hydrogen-bond acceptors (Lipinski definition) is 10. The van der Waals surface area contributed by atoms with Crippen molar-refractivity contribution in [2.75, 3.05) is 13.2 Å². The molecule has 8 N–H and O–H groups in total. The number of aliphatic hydroxyl groups excluding tert-OH is 7. The number of unbranched alkanes of at least 4 members (excludes halogenated alkanes) is 41. The molecule has 79 heavy (non-hydrogen) atoms. The van der Waals surface area contributed by atoms with Crippen molar-refractivity contribution < 1.29 is 50.0 Å². The fourth-order valence-corrected chi connectivity index (χ4v) is 10.9. The number of amides is 1. The van der Waals surface area contributed by atoms with Crippen LogP contribution in [0.15, 0.2) is 36.5 Å². The molecule has 0 bridgehead atoms. The van der Waals surface area contributed by atoms with Crippen molar-refractivity contribution in [2.24, 2.45) is 0 Å². The van der Waals surface area contributed by atoms with Crippen molar-refractivity contribution in [3.63, 3.8) is 0 Å². The number of rotatable bonds is 59. The molecule has 11 heteroatoms. The van der Waals surface area contributed by atoms with Crippen LogP contribution in [0.4, 0.5) is 0 Å². The number of ether oxygens (including phenoxy) is 2. The van der Waals surface area contributed by atoms with E-state index < -0.39 is 74.2 Å². The Morgan fingerprint density at radius 1 is 0.430 bits per heavy atom. The minimum absolute atomic E-state index is 0.243. The van der Waals surface area contributed by atoms with Gasteiger partial charge >= 0.3 is 0 Å². The number of aliphatic hydroxyl groups is 7. The van der Waals surface area contributed by atoms with Crippen LogP contribution < -0.4 is 5.32 Å². The van der Waals surface area contributed by atoms with Crippen LogP contribution >= 0.6 is 0 Å². The molecule has 466 valence electrons. The van der Waals surface area contributed by atoms with E-state index in [9.17, 15) is 40.5 Å². The Hall–Kier alpha value is -1.67. The van der Waals surface area contributed by atoms with Crippen molar-refractivity contribution in [3.05, 3.63) is 36.5 Å². The van der Waals surface area contributed by atoms with Crippen molar-refractivity contribution in [2.45, 2.75) is 377 Å². The van der Waals surface area contributed by atoms with E-state index in [-0.39, 0.29) is 12.8 Å². The Morgan fingerprint density at radius 3 is 1.13 bits per heavy atom. The maximum absolute atomic E-state index is 13.2. The largest absolute Gasteiger partial charge is 0.394 e. The second kappa shape index (κ2) is 56.8. The Kier molecular flexibility index (Phi) is 54.2. The van der Waals surface area contributed by atoms with E-state index in [0.717, 1.165) is 44.9 Å². The molecule has 9 unspecified atom stereocenters. The molecule has 0 radical (unpaired) electrons. The van der Waals surface area contributed by atoms with Gasteiger partial charge in [0.2, 0.25) is 5.91 Å². The van der Waals surface area contributed by atoms with Gasteiger partial charge in [-0.1, -0.05) is 294 Å². The highest BCUT2D eigenvalue weighted by Crippen LogP contribution is 2.24. The number of carbonyl (C=O) groups excluding carboxylic acids is 1. The van der Waals surface area contributed by atoms with Gasteiger partial charge < -0.3 is 50.5 Å². The van der Waals surface area contributed by atoms with Gasteiger partial charge in [0.15, 0.2) is 6.29 Å². The molecule has 1 heterocycles. The molecule has 1 saturated heterocycles. The lowest BCUT2D eigenvalue weighted by molar-refractivity contribution is -0.303. The first-order valence-electron chi connectivity index (χ1n) is 33.9. The molecule has 0 aromatic heterocycles. The molecule has 11 nitrogen and oxygen atoms in total. The summed E-state index contributed by atoms with van der Waals surface area (Å²) in [6.45, 7) is 3.47. The van der Waals surface area contributed by atoms with E-state index >= 15 is 0 Å². The van der Waals surface area contributed by atoms with Crippen LogP contribution in [0.25, 0.3) is 0 Å². The zero-order valence-corrected chi connectivity index (χ0v) is 51.4. The second-order valence-electron chi connectivity index (χ2n) is 23.9. The van der Waals surface area contributed by atoms with E-state index in [0.29, 0.717) is 19.3 Å². The van der Waals surface area contributed by atoms with Gasteiger partial charge in [-0.2, -0.15) is 0 Å². The third kappa shape index (κ3) is 44.5. The first-order chi connectivity index (χ1) is 38.7. The highest BCUT2D eigenvalue weighted by atomic mass is 16.7. The lowest BCUT2D eigenvalue weighted by Gasteiger charge is -2.40. The van der Waals surface area contributed by atoms with Crippen molar-refractivity contribution in [3.8, 4) is 0 Å². The van der Waals surface area contributed by atoms with E-state index in [1.807, 2.05) is 0 Å². The normalized spacial score (nSPS) is 19.5. The Balaban J connectivity index is 2.22. The number of allylic oxidation sites excluding steroid dienone is 6. The lowest BCUT2D eigenvalue weighted by Crippen LogP contribution is -2.60. The van der Waals surface area contributed by atoms with Crippen molar-refractivity contribution >= 4 is 5.91 Å². The zero-order valence-electron chi connectivity index (χ0n) is 51.4. The van der Waals surface area contributed by atoms with E-state index in [4.69, 9.17) is 9.47 Å². The highest BCUT2D eigenvalue weighted by molar-refractivity contribution is 5.80. The maximum Gasteiger partial charge on any atom is 0.249 e. The molecular weight excluding hydrogens is 991 g/mol. The topological polar surface area (TPSA) is 189 Å². The molecule has 0 saturated carbocycles. The van der Waals surface area contributed by atoms with Gasteiger partial charge in [-0.3, -0.25) is 4.79 Å². The molecule has 0 spiro atoms. The van der Waals surface area contributed by atoms with E-state index in [2.05, 4.69) is 55.6 Å². The molecule has 1 fully saturated rings. The third-order valence-electron chi connectivity index (χ3n) is 16.4. The quantitative estimate of drug-likeness (QED) is 0.0215. The van der Waals surface area contributed by atoms with Crippen molar-refractivity contribution in [1.82, 2.24) is 5.32 Å². The number of hydrogen-bond donors (Lipinski definition) is 8. The van der Waals surface area contributed by atoms with Gasteiger partial charge in [0.05, 0.1) is 25.4 Å². The van der Waals surface area contributed by atoms with Crippen LogP contribution in [0, 0.1) is 0 Å². The van der Waals surface area contributed by atoms with E-state index in [1.165, 1.54) is 231 Å². The Bertz CT molecular complexity index is 1380. The monoisotopic (exact) mass is 1120 g/mol. The fourth-order valence-electron chi connectivity index (χ4n) is 10.9. The fraction of sp³-hybridized carbons (Fsp3) is 0.897. The summed E-state index contributed by atoms with van der Waals surface area (Å²) in [6.07, 6.45) is 60.9. The average Bonchev–Trinajstić information content (AvgIpc) is 3.46. The molecule has 0 aromatic rings. The summed E-state index contributed by atoms with van der Waals surface area (Å²) in [7, 11) is 0. The molecular formula is C68H129NO10. The first-order valence-corrected chi connectivity index (χ1v) is 33.9. The molecule has 1 aliphatic heterocycles. The summed E-state index contributed by atoms with van der Waals surface area (Å²) in [5.41, 5.74) is 0. The summed E-state index contributed by atoms with van der Waals surface area (Å²) >= 11 is 0. The van der Waals surface area contributed by atoms with Crippen LogP contribution in [-0.2, 0) is 14.3 Å². The van der Waals surface area contributed by atoms with Gasteiger partial charge in [0.1, 0.15) is 36.6 Å². The minimum atomic E-state index is -1.67.